The quantitative estimate of drug-likeness (QED) is 0.791. The Kier molecular flexibility index (Phi) is 3.88. The van der Waals surface area contributed by atoms with Crippen LogP contribution in [-0.2, 0) is 21.2 Å². The van der Waals surface area contributed by atoms with E-state index in [1.807, 2.05) is 0 Å². The molecule has 0 bridgehead atoms. The summed E-state index contributed by atoms with van der Waals surface area (Å²) in [4.78, 5) is 0.373. The molecule has 84 valence electrons. The van der Waals surface area contributed by atoms with Gasteiger partial charge in [0.15, 0.2) is 9.84 Å². The molecule has 0 N–H and O–H groups in total. The first-order chi connectivity index (χ1) is 6.98. The lowest BCUT2D eigenvalue weighted by molar-refractivity contribution is 0.185. The first-order valence-electron chi connectivity index (χ1n) is 4.80. The molecule has 1 aromatic carbocycles. The van der Waals surface area contributed by atoms with E-state index in [4.69, 9.17) is 4.74 Å². The fourth-order valence-corrected chi connectivity index (χ4v) is 2.27. The third kappa shape index (κ3) is 2.79. The summed E-state index contributed by atoms with van der Waals surface area (Å²) in [6, 6.07) is 6.81. The third-order valence-electron chi connectivity index (χ3n) is 2.18. The lowest BCUT2D eigenvalue weighted by Gasteiger charge is -2.08. The first kappa shape index (κ1) is 12.2. The van der Waals surface area contributed by atoms with Gasteiger partial charge < -0.3 is 4.74 Å². The Morgan fingerprint density at radius 2 is 1.73 bits per heavy atom. The Labute approximate surface area is 91.0 Å². The molecular formula is C11H16O3S. The molecule has 0 radical (unpaired) electrons. The predicted octanol–water partition coefficient (Wildman–Crippen LogP) is 2.02. The van der Waals surface area contributed by atoms with Crippen LogP contribution in [0.3, 0.4) is 0 Å². The molecule has 0 aromatic heterocycles. The van der Waals surface area contributed by atoms with Crippen LogP contribution >= 0.6 is 0 Å². The van der Waals surface area contributed by atoms with Gasteiger partial charge in [-0.25, -0.2) is 8.42 Å². The highest BCUT2D eigenvalue weighted by Gasteiger charge is 2.18. The van der Waals surface area contributed by atoms with E-state index in [2.05, 4.69) is 0 Å². The molecule has 0 amide bonds. The largest absolute Gasteiger partial charge is 0.380 e. The van der Waals surface area contributed by atoms with Gasteiger partial charge in [-0.05, 0) is 31.5 Å². The molecule has 0 heterocycles. The van der Waals surface area contributed by atoms with Crippen LogP contribution in [0.1, 0.15) is 19.4 Å². The smallest absolute Gasteiger partial charge is 0.180 e. The van der Waals surface area contributed by atoms with Crippen molar-refractivity contribution < 1.29 is 13.2 Å². The van der Waals surface area contributed by atoms with Crippen molar-refractivity contribution in [3.05, 3.63) is 29.8 Å². The number of rotatable bonds is 4. The normalized spacial score (nSPS) is 12.0. The second-order valence-corrected chi connectivity index (χ2v) is 6.17. The van der Waals surface area contributed by atoms with E-state index >= 15 is 0 Å². The lowest BCUT2D eigenvalue weighted by Crippen LogP contribution is -2.13. The van der Waals surface area contributed by atoms with Crippen LogP contribution < -0.4 is 0 Å². The molecule has 15 heavy (non-hydrogen) atoms. The second-order valence-electron chi connectivity index (χ2n) is 3.67. The number of hydrogen-bond acceptors (Lipinski definition) is 3. The van der Waals surface area contributed by atoms with Crippen molar-refractivity contribution in [3.63, 3.8) is 0 Å². The Morgan fingerprint density at radius 1 is 1.20 bits per heavy atom. The van der Waals surface area contributed by atoms with Gasteiger partial charge >= 0.3 is 0 Å². The molecule has 0 aliphatic heterocycles. The fraction of sp³-hybridized carbons (Fsp3) is 0.455. The Bertz CT molecular complexity index is 404. The molecule has 4 heteroatoms. The van der Waals surface area contributed by atoms with Gasteiger partial charge in [0.05, 0.1) is 16.8 Å². The summed E-state index contributed by atoms with van der Waals surface area (Å²) in [6.07, 6.45) is 0. The second kappa shape index (κ2) is 4.77. The van der Waals surface area contributed by atoms with Gasteiger partial charge in [0, 0.05) is 7.11 Å². The van der Waals surface area contributed by atoms with Gasteiger partial charge in [0.25, 0.3) is 0 Å². The van der Waals surface area contributed by atoms with Crippen molar-refractivity contribution in [1.29, 1.82) is 0 Å². The third-order valence-corrected chi connectivity index (χ3v) is 4.35. The fourth-order valence-electron chi connectivity index (χ4n) is 1.21. The summed E-state index contributed by atoms with van der Waals surface area (Å²) in [6.45, 7) is 3.86. The topological polar surface area (TPSA) is 43.4 Å². The monoisotopic (exact) mass is 228 g/mol. The van der Waals surface area contributed by atoms with Crippen LogP contribution in [0.2, 0.25) is 0 Å². The van der Waals surface area contributed by atoms with E-state index < -0.39 is 9.84 Å². The van der Waals surface area contributed by atoms with Crippen molar-refractivity contribution in [2.24, 2.45) is 0 Å². The standard InChI is InChI=1S/C11H16O3S/c1-9(2)15(12,13)11-6-4-10(5-7-11)8-14-3/h4-7,9H,8H2,1-3H3. The number of benzene rings is 1. The first-order valence-corrected chi connectivity index (χ1v) is 6.35. The molecule has 1 aromatic rings. The van der Waals surface area contributed by atoms with Gasteiger partial charge in [0.2, 0.25) is 0 Å². The van der Waals surface area contributed by atoms with E-state index in [-0.39, 0.29) is 5.25 Å². The summed E-state index contributed by atoms with van der Waals surface area (Å²) < 4.78 is 28.5. The number of sulfone groups is 1. The maximum Gasteiger partial charge on any atom is 0.180 e. The molecule has 0 saturated carbocycles. The molecule has 1 rings (SSSR count). The van der Waals surface area contributed by atoms with Crippen LogP contribution in [0.15, 0.2) is 29.2 Å². The molecular weight excluding hydrogens is 212 g/mol. The minimum absolute atomic E-state index is 0.373. The Balaban J connectivity index is 2.99. The number of ether oxygens (including phenoxy) is 1. The minimum atomic E-state index is -3.15. The zero-order valence-electron chi connectivity index (χ0n) is 9.23. The van der Waals surface area contributed by atoms with E-state index in [1.165, 1.54) is 0 Å². The van der Waals surface area contributed by atoms with Crippen molar-refractivity contribution >= 4 is 9.84 Å². The van der Waals surface area contributed by atoms with Crippen LogP contribution in [0, 0.1) is 0 Å². The maximum atomic E-state index is 11.8. The van der Waals surface area contributed by atoms with Gasteiger partial charge in [-0.3, -0.25) is 0 Å². The molecule has 0 aliphatic carbocycles. The van der Waals surface area contributed by atoms with E-state index in [1.54, 1.807) is 45.2 Å². The SMILES string of the molecule is COCc1ccc(S(=O)(=O)C(C)C)cc1. The predicted molar refractivity (Wildman–Crippen MR) is 59.5 cm³/mol. The van der Waals surface area contributed by atoms with Crippen molar-refractivity contribution in [3.8, 4) is 0 Å². The molecule has 3 nitrogen and oxygen atoms in total. The summed E-state index contributed by atoms with van der Waals surface area (Å²) in [7, 11) is -1.54. The van der Waals surface area contributed by atoms with Crippen molar-refractivity contribution in [2.75, 3.05) is 7.11 Å². The summed E-state index contributed by atoms with van der Waals surface area (Å²) in [5.74, 6) is 0. The van der Waals surface area contributed by atoms with E-state index in [0.717, 1.165) is 5.56 Å². The lowest BCUT2D eigenvalue weighted by atomic mass is 10.2. The average molecular weight is 228 g/mol. The Hall–Kier alpha value is -0.870. The molecule has 0 aliphatic rings. The summed E-state index contributed by atoms with van der Waals surface area (Å²) in [5, 5.41) is -0.384. The van der Waals surface area contributed by atoms with Crippen LogP contribution in [0.4, 0.5) is 0 Å². The van der Waals surface area contributed by atoms with Crippen LogP contribution in [0.25, 0.3) is 0 Å². The zero-order valence-corrected chi connectivity index (χ0v) is 10.0. The van der Waals surface area contributed by atoms with E-state index in [9.17, 15) is 8.42 Å². The zero-order chi connectivity index (χ0) is 11.5. The average Bonchev–Trinajstić information content (AvgIpc) is 2.19. The molecule has 0 spiro atoms. The summed E-state index contributed by atoms with van der Waals surface area (Å²) in [5.41, 5.74) is 0.972. The number of hydrogen-bond donors (Lipinski definition) is 0. The van der Waals surface area contributed by atoms with Gasteiger partial charge in [-0.1, -0.05) is 12.1 Å². The maximum absolute atomic E-state index is 11.8. The Morgan fingerprint density at radius 3 is 2.13 bits per heavy atom. The highest BCUT2D eigenvalue weighted by Crippen LogP contribution is 2.16. The van der Waals surface area contributed by atoms with Crippen LogP contribution in [0.5, 0.6) is 0 Å². The highest BCUT2D eigenvalue weighted by molar-refractivity contribution is 7.92. The minimum Gasteiger partial charge on any atom is -0.380 e. The van der Waals surface area contributed by atoms with E-state index in [0.29, 0.717) is 11.5 Å². The molecule has 0 unspecified atom stereocenters. The molecule has 0 fully saturated rings. The van der Waals surface area contributed by atoms with Gasteiger partial charge in [0.1, 0.15) is 0 Å². The molecule has 0 saturated heterocycles. The van der Waals surface area contributed by atoms with Crippen molar-refractivity contribution in [2.45, 2.75) is 30.6 Å². The van der Waals surface area contributed by atoms with Gasteiger partial charge in [-0.2, -0.15) is 0 Å². The summed E-state index contributed by atoms with van der Waals surface area (Å²) >= 11 is 0. The van der Waals surface area contributed by atoms with Crippen molar-refractivity contribution in [1.82, 2.24) is 0 Å². The van der Waals surface area contributed by atoms with Gasteiger partial charge in [-0.15, -0.1) is 0 Å². The number of methoxy groups -OCH3 is 1. The highest BCUT2D eigenvalue weighted by atomic mass is 32.2. The molecule has 0 atom stereocenters. The van der Waals surface area contributed by atoms with Crippen LogP contribution in [-0.4, -0.2) is 20.8 Å².